The lowest BCUT2D eigenvalue weighted by atomic mass is 9.91. The van der Waals surface area contributed by atoms with E-state index in [0.29, 0.717) is 36.7 Å². The quantitative estimate of drug-likeness (QED) is 0.290. The van der Waals surface area contributed by atoms with Crippen LogP contribution in [0.25, 0.3) is 0 Å². The van der Waals surface area contributed by atoms with Crippen molar-refractivity contribution in [2.75, 3.05) is 24.7 Å². The molecule has 6 atom stereocenters. The van der Waals surface area contributed by atoms with Crippen molar-refractivity contribution in [2.24, 2.45) is 17.8 Å². The Kier molecular flexibility index (Phi) is 9.80. The van der Waals surface area contributed by atoms with Crippen LogP contribution in [0.2, 0.25) is 0 Å². The first-order chi connectivity index (χ1) is 20.3. The van der Waals surface area contributed by atoms with E-state index in [1.165, 1.54) is 19.3 Å². The lowest BCUT2D eigenvalue weighted by Gasteiger charge is -2.28. The molecule has 3 fully saturated rings. The average molecular weight is 578 g/mol. The SMILES string of the molecule is CC(CC(O)C(Cc1ccccc1)NC(=O)c1cc(OCCO)cc(N2CCCC2=O)c1)C(=O)NC1CC2CCC1C2. The molecular weight excluding hydrogens is 534 g/mol. The van der Waals surface area contributed by atoms with Crippen LogP contribution in [0.3, 0.4) is 0 Å². The fourth-order valence-electron chi connectivity index (χ4n) is 6.82. The van der Waals surface area contributed by atoms with Gasteiger partial charge >= 0.3 is 0 Å². The molecule has 1 aliphatic heterocycles. The summed E-state index contributed by atoms with van der Waals surface area (Å²) in [5.74, 6) is 0.759. The van der Waals surface area contributed by atoms with Gasteiger partial charge in [-0.2, -0.15) is 0 Å². The van der Waals surface area contributed by atoms with Gasteiger partial charge in [-0.05, 0) is 68.1 Å². The number of nitrogens with one attached hydrogen (secondary N) is 2. The molecule has 2 bridgehead atoms. The van der Waals surface area contributed by atoms with Crippen molar-refractivity contribution < 1.29 is 29.3 Å². The molecule has 3 aliphatic rings. The van der Waals surface area contributed by atoms with Crippen molar-refractivity contribution in [1.82, 2.24) is 10.6 Å². The van der Waals surface area contributed by atoms with E-state index >= 15 is 0 Å². The largest absolute Gasteiger partial charge is 0.491 e. The van der Waals surface area contributed by atoms with Gasteiger partial charge in [0.15, 0.2) is 0 Å². The highest BCUT2D eigenvalue weighted by atomic mass is 16.5. The Hall–Kier alpha value is -3.43. The molecule has 5 rings (SSSR count). The standard InChI is InChI=1S/C33H43N3O6/c1-21(32(40)34-28-17-23-9-10-24(28)15-23)14-30(38)29(16-22-6-3-2-4-7-22)35-33(41)25-18-26(36-11-5-8-31(36)39)20-27(19-25)42-13-12-37/h2-4,6-7,18-21,23-24,28-30,37-38H,5,8-17H2,1H3,(H,34,40)(H,35,41). The number of aliphatic hydroxyl groups is 2. The minimum Gasteiger partial charge on any atom is -0.491 e. The van der Waals surface area contributed by atoms with Crippen LogP contribution < -0.4 is 20.3 Å². The highest BCUT2D eigenvalue weighted by Gasteiger charge is 2.40. The first-order valence-electron chi connectivity index (χ1n) is 15.3. The average Bonchev–Trinajstić information content (AvgIpc) is 3.73. The first kappa shape index (κ1) is 30.0. The Morgan fingerprint density at radius 1 is 1.12 bits per heavy atom. The number of anilines is 1. The maximum atomic E-state index is 13.6. The number of rotatable bonds is 13. The number of fused-ring (bicyclic) bond motifs is 2. The van der Waals surface area contributed by atoms with E-state index in [1.807, 2.05) is 37.3 Å². The van der Waals surface area contributed by atoms with Crippen LogP contribution in [0.4, 0.5) is 5.69 Å². The molecule has 1 saturated heterocycles. The molecule has 4 N–H and O–H groups in total. The van der Waals surface area contributed by atoms with Gasteiger partial charge in [0.25, 0.3) is 5.91 Å². The van der Waals surface area contributed by atoms with Gasteiger partial charge in [-0.15, -0.1) is 0 Å². The minimum absolute atomic E-state index is 0.0178. The number of aliphatic hydroxyl groups excluding tert-OH is 2. The zero-order valence-corrected chi connectivity index (χ0v) is 24.3. The molecule has 0 spiro atoms. The zero-order valence-electron chi connectivity index (χ0n) is 24.3. The summed E-state index contributed by atoms with van der Waals surface area (Å²) in [7, 11) is 0. The molecule has 9 nitrogen and oxygen atoms in total. The van der Waals surface area contributed by atoms with Crippen molar-refractivity contribution >= 4 is 23.4 Å². The van der Waals surface area contributed by atoms with Crippen molar-refractivity contribution in [2.45, 2.75) is 76.5 Å². The molecule has 2 aromatic rings. The molecule has 1 heterocycles. The molecule has 0 aromatic heterocycles. The fourth-order valence-corrected chi connectivity index (χ4v) is 6.82. The van der Waals surface area contributed by atoms with Gasteiger partial charge in [0.1, 0.15) is 12.4 Å². The third-order valence-electron chi connectivity index (χ3n) is 9.09. The van der Waals surface area contributed by atoms with Crippen molar-refractivity contribution in [3.8, 4) is 5.75 Å². The summed E-state index contributed by atoms with van der Waals surface area (Å²) in [4.78, 5) is 40.8. The maximum Gasteiger partial charge on any atom is 0.251 e. The molecule has 6 unspecified atom stereocenters. The van der Waals surface area contributed by atoms with E-state index in [4.69, 9.17) is 4.74 Å². The monoisotopic (exact) mass is 577 g/mol. The van der Waals surface area contributed by atoms with Gasteiger partial charge in [-0.1, -0.05) is 43.7 Å². The van der Waals surface area contributed by atoms with E-state index in [1.54, 1.807) is 23.1 Å². The van der Waals surface area contributed by atoms with Crippen LogP contribution in [-0.4, -0.2) is 65.9 Å². The third kappa shape index (κ3) is 7.31. The fraction of sp³-hybridized carbons (Fsp3) is 0.545. The Morgan fingerprint density at radius 2 is 1.93 bits per heavy atom. The summed E-state index contributed by atoms with van der Waals surface area (Å²) in [6.45, 7) is 2.25. The number of benzene rings is 2. The maximum absolute atomic E-state index is 13.6. The zero-order chi connectivity index (χ0) is 29.6. The minimum atomic E-state index is -0.969. The highest BCUT2D eigenvalue weighted by Crippen LogP contribution is 2.44. The number of hydrogen-bond acceptors (Lipinski definition) is 6. The Morgan fingerprint density at radius 3 is 2.60 bits per heavy atom. The summed E-state index contributed by atoms with van der Waals surface area (Å²) in [6.07, 6.45) is 5.49. The Labute approximate surface area is 247 Å². The second kappa shape index (κ2) is 13.7. The summed E-state index contributed by atoms with van der Waals surface area (Å²) < 4.78 is 5.62. The van der Waals surface area contributed by atoms with Crippen LogP contribution in [0, 0.1) is 17.8 Å². The van der Waals surface area contributed by atoms with Gasteiger partial charge in [-0.3, -0.25) is 14.4 Å². The molecule has 0 radical (unpaired) electrons. The molecule has 3 amide bonds. The number of carbonyl (C=O) groups is 3. The number of hydrogen-bond donors (Lipinski definition) is 4. The number of nitrogens with zero attached hydrogens (tertiary/aromatic N) is 1. The van der Waals surface area contributed by atoms with Crippen LogP contribution in [0.5, 0.6) is 5.75 Å². The van der Waals surface area contributed by atoms with Crippen LogP contribution in [0.1, 0.15) is 67.8 Å². The molecule has 9 heteroatoms. The molecule has 2 saturated carbocycles. The van der Waals surface area contributed by atoms with Gasteiger partial charge in [0.2, 0.25) is 11.8 Å². The van der Waals surface area contributed by atoms with E-state index < -0.39 is 24.0 Å². The summed E-state index contributed by atoms with van der Waals surface area (Å²) in [5.41, 5.74) is 1.79. The van der Waals surface area contributed by atoms with Crippen LogP contribution >= 0.6 is 0 Å². The number of carbonyl (C=O) groups excluding carboxylic acids is 3. The second-order valence-electron chi connectivity index (χ2n) is 12.2. The normalized spacial score (nSPS) is 23.5. The lowest BCUT2D eigenvalue weighted by molar-refractivity contribution is -0.126. The molecule has 42 heavy (non-hydrogen) atoms. The predicted molar refractivity (Wildman–Crippen MR) is 159 cm³/mol. The van der Waals surface area contributed by atoms with E-state index in [9.17, 15) is 24.6 Å². The number of amides is 3. The smallest absolute Gasteiger partial charge is 0.251 e. The summed E-state index contributed by atoms with van der Waals surface area (Å²) in [5, 5.41) is 26.9. The topological polar surface area (TPSA) is 128 Å². The number of ether oxygens (including phenoxy) is 1. The van der Waals surface area contributed by atoms with E-state index in [0.717, 1.165) is 24.3 Å². The highest BCUT2D eigenvalue weighted by molar-refractivity contribution is 5.99. The molecule has 2 aromatic carbocycles. The molecule has 226 valence electrons. The molecular formula is C33H43N3O6. The van der Waals surface area contributed by atoms with Gasteiger partial charge in [0.05, 0.1) is 18.8 Å². The first-order valence-corrected chi connectivity index (χ1v) is 15.3. The van der Waals surface area contributed by atoms with E-state index in [-0.39, 0.29) is 43.1 Å². The van der Waals surface area contributed by atoms with Gasteiger partial charge in [-0.25, -0.2) is 0 Å². The van der Waals surface area contributed by atoms with E-state index in [2.05, 4.69) is 10.6 Å². The lowest BCUT2D eigenvalue weighted by Crippen LogP contribution is -2.47. The van der Waals surface area contributed by atoms with Gasteiger partial charge in [0, 0.05) is 42.2 Å². The van der Waals surface area contributed by atoms with Gasteiger partial charge < -0.3 is 30.5 Å². The predicted octanol–water partition coefficient (Wildman–Crippen LogP) is 3.22. The second-order valence-corrected chi connectivity index (χ2v) is 12.2. The van der Waals surface area contributed by atoms with Crippen LogP contribution in [0.15, 0.2) is 48.5 Å². The Balaban J connectivity index is 1.30. The van der Waals surface area contributed by atoms with Crippen LogP contribution in [-0.2, 0) is 16.0 Å². The summed E-state index contributed by atoms with van der Waals surface area (Å²) in [6, 6.07) is 14.1. The molecule has 2 aliphatic carbocycles. The van der Waals surface area contributed by atoms with Crippen molar-refractivity contribution in [3.05, 3.63) is 59.7 Å². The van der Waals surface area contributed by atoms with Crippen molar-refractivity contribution in [3.63, 3.8) is 0 Å². The Bertz CT molecular complexity index is 1250. The van der Waals surface area contributed by atoms with Crippen molar-refractivity contribution in [1.29, 1.82) is 0 Å². The third-order valence-corrected chi connectivity index (χ3v) is 9.09. The summed E-state index contributed by atoms with van der Waals surface area (Å²) >= 11 is 0.